The third kappa shape index (κ3) is 4.18. The number of nitriles is 1. The van der Waals surface area contributed by atoms with Crippen molar-refractivity contribution in [3.8, 4) is 6.07 Å². The molecule has 1 aromatic carbocycles. The molecule has 1 heterocycles. The molecule has 0 aliphatic heterocycles. The number of carbonyl (C=O) groups excluding carboxylic acids is 1. The summed E-state index contributed by atoms with van der Waals surface area (Å²) in [4.78, 5) is 12.2. The van der Waals surface area contributed by atoms with Crippen molar-refractivity contribution < 1.29 is 4.79 Å². The van der Waals surface area contributed by atoms with Gasteiger partial charge in [0.15, 0.2) is 0 Å². The van der Waals surface area contributed by atoms with E-state index in [1.807, 2.05) is 6.07 Å². The van der Waals surface area contributed by atoms with Crippen LogP contribution in [0.5, 0.6) is 0 Å². The van der Waals surface area contributed by atoms with Crippen LogP contribution in [-0.2, 0) is 11.2 Å². The molecule has 0 saturated heterocycles. The smallest absolute Gasteiger partial charge is 0.230 e. The van der Waals surface area contributed by atoms with Crippen molar-refractivity contribution in [1.29, 1.82) is 5.26 Å². The van der Waals surface area contributed by atoms with Gasteiger partial charge in [0.05, 0.1) is 18.1 Å². The molecule has 1 fully saturated rings. The molecule has 1 aliphatic carbocycles. The fourth-order valence-electron chi connectivity index (χ4n) is 3.21. The van der Waals surface area contributed by atoms with E-state index in [-0.39, 0.29) is 12.3 Å². The van der Waals surface area contributed by atoms with Crippen LogP contribution >= 0.6 is 11.3 Å². The summed E-state index contributed by atoms with van der Waals surface area (Å²) in [5.74, 6) is 1.08. The van der Waals surface area contributed by atoms with E-state index in [4.69, 9.17) is 5.26 Å². The molecule has 0 radical (unpaired) electrons. The highest BCUT2D eigenvalue weighted by Crippen LogP contribution is 2.37. The zero-order chi connectivity index (χ0) is 16.9. The maximum absolute atomic E-state index is 12.2. The second-order valence-corrected chi connectivity index (χ2v) is 7.46. The van der Waals surface area contributed by atoms with Crippen LogP contribution in [-0.4, -0.2) is 16.1 Å². The zero-order valence-electron chi connectivity index (χ0n) is 13.7. The van der Waals surface area contributed by atoms with E-state index >= 15 is 0 Å². The first-order valence-corrected chi connectivity index (χ1v) is 9.08. The molecule has 24 heavy (non-hydrogen) atoms. The minimum atomic E-state index is -0.134. The van der Waals surface area contributed by atoms with E-state index in [0.29, 0.717) is 16.6 Å². The number of anilines is 1. The Morgan fingerprint density at radius 3 is 3.08 bits per heavy atom. The van der Waals surface area contributed by atoms with E-state index in [0.717, 1.165) is 29.3 Å². The molecule has 124 valence electrons. The Labute approximate surface area is 145 Å². The van der Waals surface area contributed by atoms with Gasteiger partial charge in [0, 0.05) is 5.92 Å². The molecule has 1 aromatic heterocycles. The Hall–Kier alpha value is -2.26. The van der Waals surface area contributed by atoms with Gasteiger partial charge in [-0.05, 0) is 36.5 Å². The molecule has 0 bridgehead atoms. The number of hydrogen-bond donors (Lipinski definition) is 1. The van der Waals surface area contributed by atoms with E-state index in [9.17, 15) is 4.79 Å². The lowest BCUT2D eigenvalue weighted by Crippen LogP contribution is -2.14. The summed E-state index contributed by atoms with van der Waals surface area (Å²) in [7, 11) is 0. The molecule has 6 heteroatoms. The predicted octanol–water partition coefficient (Wildman–Crippen LogP) is 3.88. The van der Waals surface area contributed by atoms with Crippen molar-refractivity contribution in [3.63, 3.8) is 0 Å². The quantitative estimate of drug-likeness (QED) is 0.916. The molecular weight excluding hydrogens is 320 g/mol. The zero-order valence-corrected chi connectivity index (χ0v) is 14.5. The van der Waals surface area contributed by atoms with Gasteiger partial charge in [-0.25, -0.2) is 0 Å². The number of amides is 1. The number of aromatic nitrogens is 2. The van der Waals surface area contributed by atoms with Crippen LogP contribution in [0.4, 0.5) is 5.13 Å². The Morgan fingerprint density at radius 2 is 2.29 bits per heavy atom. The highest BCUT2D eigenvalue weighted by Gasteiger charge is 2.23. The number of hydrogen-bond acceptors (Lipinski definition) is 5. The molecule has 2 atom stereocenters. The van der Waals surface area contributed by atoms with Gasteiger partial charge in [0.25, 0.3) is 0 Å². The van der Waals surface area contributed by atoms with Crippen LogP contribution < -0.4 is 5.32 Å². The lowest BCUT2D eigenvalue weighted by Gasteiger charge is -2.24. The fourth-order valence-corrected chi connectivity index (χ4v) is 4.12. The second kappa shape index (κ2) is 7.54. The summed E-state index contributed by atoms with van der Waals surface area (Å²) in [6.45, 7) is 2.28. The molecule has 1 amide bonds. The van der Waals surface area contributed by atoms with Gasteiger partial charge >= 0.3 is 0 Å². The van der Waals surface area contributed by atoms with Gasteiger partial charge in [-0.1, -0.05) is 43.2 Å². The third-order valence-corrected chi connectivity index (χ3v) is 5.39. The van der Waals surface area contributed by atoms with Gasteiger partial charge in [-0.15, -0.1) is 10.2 Å². The number of carbonyl (C=O) groups is 1. The van der Waals surface area contributed by atoms with Crippen LogP contribution in [0, 0.1) is 17.2 Å². The average Bonchev–Trinajstić information content (AvgIpc) is 3.03. The van der Waals surface area contributed by atoms with Crippen molar-refractivity contribution in [3.05, 3.63) is 40.4 Å². The second-order valence-electron chi connectivity index (χ2n) is 6.45. The monoisotopic (exact) mass is 340 g/mol. The number of rotatable bonds is 4. The summed E-state index contributed by atoms with van der Waals surface area (Å²) in [5.41, 5.74) is 1.38. The van der Waals surface area contributed by atoms with Gasteiger partial charge in [-0.3, -0.25) is 4.79 Å². The third-order valence-electron chi connectivity index (χ3n) is 4.39. The Kier molecular flexibility index (Phi) is 5.21. The lowest BCUT2D eigenvalue weighted by molar-refractivity contribution is -0.115. The molecule has 3 rings (SSSR count). The van der Waals surface area contributed by atoms with E-state index in [2.05, 4.69) is 28.5 Å². The molecular formula is C18H20N4OS. The Bertz CT molecular complexity index is 764. The fraction of sp³-hybridized carbons (Fsp3) is 0.444. The van der Waals surface area contributed by atoms with Gasteiger partial charge in [0.2, 0.25) is 11.0 Å². The van der Waals surface area contributed by atoms with Crippen LogP contribution in [0.25, 0.3) is 0 Å². The van der Waals surface area contributed by atoms with Crippen LogP contribution in [0.3, 0.4) is 0 Å². The van der Waals surface area contributed by atoms with E-state index < -0.39 is 0 Å². The summed E-state index contributed by atoms with van der Waals surface area (Å²) < 4.78 is 0. The number of nitrogens with zero attached hydrogens (tertiary/aromatic N) is 3. The van der Waals surface area contributed by atoms with E-state index in [1.165, 1.54) is 24.2 Å². The standard InChI is InChI=1S/C18H20N4OS/c1-12-4-2-7-15(8-12)17-21-22-18(24-17)20-16(23)10-13-5-3-6-14(9-13)11-19/h3,5-6,9,12,15H,2,4,7-8,10H2,1H3,(H,20,22,23)/t12-,15-/m0/s1. The summed E-state index contributed by atoms with van der Waals surface area (Å²) in [5, 5.41) is 21.7. The van der Waals surface area contributed by atoms with Crippen LogP contribution in [0.2, 0.25) is 0 Å². The average molecular weight is 340 g/mol. The lowest BCUT2D eigenvalue weighted by atomic mass is 9.83. The molecule has 2 aromatic rings. The van der Waals surface area contributed by atoms with Gasteiger partial charge in [-0.2, -0.15) is 5.26 Å². The Balaban J connectivity index is 1.60. The summed E-state index contributed by atoms with van der Waals surface area (Å²) in [6.07, 6.45) is 5.07. The minimum absolute atomic E-state index is 0.134. The molecule has 1 N–H and O–H groups in total. The van der Waals surface area contributed by atoms with Crippen molar-refractivity contribution >= 4 is 22.4 Å². The molecule has 0 spiro atoms. The predicted molar refractivity (Wildman–Crippen MR) is 93.8 cm³/mol. The molecule has 1 saturated carbocycles. The van der Waals surface area contributed by atoms with Crippen molar-refractivity contribution in [1.82, 2.24) is 10.2 Å². The van der Waals surface area contributed by atoms with Crippen molar-refractivity contribution in [2.75, 3.05) is 5.32 Å². The molecule has 5 nitrogen and oxygen atoms in total. The van der Waals surface area contributed by atoms with Gasteiger partial charge < -0.3 is 5.32 Å². The molecule has 0 unspecified atom stereocenters. The number of nitrogens with one attached hydrogen (secondary N) is 1. The SMILES string of the molecule is C[C@H]1CCC[C@H](c2nnc(NC(=O)Cc3cccc(C#N)c3)s2)C1. The minimum Gasteiger partial charge on any atom is -0.300 e. The Morgan fingerprint density at radius 1 is 1.42 bits per heavy atom. The first-order chi connectivity index (χ1) is 11.6. The van der Waals surface area contributed by atoms with Gasteiger partial charge in [0.1, 0.15) is 5.01 Å². The summed E-state index contributed by atoms with van der Waals surface area (Å²) in [6, 6.07) is 9.17. The molecule has 1 aliphatic rings. The van der Waals surface area contributed by atoms with E-state index in [1.54, 1.807) is 18.2 Å². The number of benzene rings is 1. The largest absolute Gasteiger partial charge is 0.300 e. The topological polar surface area (TPSA) is 78.7 Å². The van der Waals surface area contributed by atoms with Crippen LogP contribution in [0.15, 0.2) is 24.3 Å². The summed E-state index contributed by atoms with van der Waals surface area (Å²) >= 11 is 1.48. The first kappa shape index (κ1) is 16.6. The normalized spacial score (nSPS) is 20.3. The van der Waals surface area contributed by atoms with Crippen molar-refractivity contribution in [2.45, 2.75) is 44.9 Å². The van der Waals surface area contributed by atoms with Crippen molar-refractivity contribution in [2.24, 2.45) is 5.92 Å². The maximum Gasteiger partial charge on any atom is 0.230 e. The first-order valence-electron chi connectivity index (χ1n) is 8.26. The maximum atomic E-state index is 12.2. The highest BCUT2D eigenvalue weighted by molar-refractivity contribution is 7.15. The van der Waals surface area contributed by atoms with Crippen LogP contribution in [0.1, 0.15) is 54.7 Å². The highest BCUT2D eigenvalue weighted by atomic mass is 32.1.